The van der Waals surface area contributed by atoms with E-state index in [2.05, 4.69) is 6.07 Å². The number of rotatable bonds is 7. The van der Waals surface area contributed by atoms with E-state index in [1.54, 1.807) is 47.5 Å². The van der Waals surface area contributed by atoms with Crippen LogP contribution in [0.4, 0.5) is 0 Å². The molecular weight excluding hydrogens is 342 g/mol. The van der Waals surface area contributed by atoms with Crippen molar-refractivity contribution < 1.29 is 13.2 Å². The van der Waals surface area contributed by atoms with Crippen molar-refractivity contribution in [3.63, 3.8) is 0 Å². The molecule has 0 saturated heterocycles. The number of benzene rings is 1. The minimum Gasteiger partial charge on any atom is -0.339 e. The molecule has 6 heteroatoms. The molecule has 0 aliphatic heterocycles. The highest BCUT2D eigenvalue weighted by Gasteiger charge is 2.17. The van der Waals surface area contributed by atoms with Crippen molar-refractivity contribution in [3.05, 3.63) is 52.2 Å². The van der Waals surface area contributed by atoms with Gasteiger partial charge in [-0.15, -0.1) is 11.3 Å². The van der Waals surface area contributed by atoms with Gasteiger partial charge in [-0.2, -0.15) is 0 Å². The highest BCUT2D eigenvalue weighted by atomic mass is 32.2. The fourth-order valence-electron chi connectivity index (χ4n) is 2.48. The molecule has 130 valence electrons. The van der Waals surface area contributed by atoms with Crippen LogP contribution in [0.1, 0.15) is 36.2 Å². The standard InChI is InChI=1S/C18H23NO3S2/c1-14(15-9-11-17(12-10-15)24(3,21)22)19(2)18(20)8-4-6-16-7-5-13-23-16/h5,7,9-14H,4,6,8H2,1-3H3. The molecule has 1 unspecified atom stereocenters. The van der Waals surface area contributed by atoms with Gasteiger partial charge in [-0.05, 0) is 48.9 Å². The summed E-state index contributed by atoms with van der Waals surface area (Å²) < 4.78 is 23.0. The van der Waals surface area contributed by atoms with Crippen LogP contribution >= 0.6 is 11.3 Å². The minimum absolute atomic E-state index is 0.0900. The lowest BCUT2D eigenvalue weighted by Crippen LogP contribution is -2.29. The summed E-state index contributed by atoms with van der Waals surface area (Å²) in [7, 11) is -1.40. The fraction of sp³-hybridized carbons (Fsp3) is 0.389. The summed E-state index contributed by atoms with van der Waals surface area (Å²) in [6.45, 7) is 1.95. The molecule has 1 aromatic heterocycles. The summed E-state index contributed by atoms with van der Waals surface area (Å²) in [5.74, 6) is 0.103. The fourth-order valence-corrected chi connectivity index (χ4v) is 3.86. The third kappa shape index (κ3) is 4.92. The van der Waals surface area contributed by atoms with Gasteiger partial charge < -0.3 is 4.90 Å². The van der Waals surface area contributed by atoms with Gasteiger partial charge in [-0.3, -0.25) is 4.79 Å². The lowest BCUT2D eigenvalue weighted by Gasteiger charge is -2.25. The van der Waals surface area contributed by atoms with E-state index in [0.717, 1.165) is 18.4 Å². The number of hydrogen-bond donors (Lipinski definition) is 0. The zero-order valence-electron chi connectivity index (χ0n) is 14.2. The smallest absolute Gasteiger partial charge is 0.222 e. The van der Waals surface area contributed by atoms with Crippen molar-refractivity contribution in [2.24, 2.45) is 0 Å². The number of sulfone groups is 1. The van der Waals surface area contributed by atoms with Gasteiger partial charge in [0.1, 0.15) is 0 Å². The van der Waals surface area contributed by atoms with E-state index in [-0.39, 0.29) is 11.9 Å². The summed E-state index contributed by atoms with van der Waals surface area (Å²) in [5, 5.41) is 2.05. The number of aryl methyl sites for hydroxylation is 1. The van der Waals surface area contributed by atoms with E-state index in [1.165, 1.54) is 11.1 Å². The topological polar surface area (TPSA) is 54.5 Å². The van der Waals surface area contributed by atoms with Gasteiger partial charge in [-0.25, -0.2) is 8.42 Å². The highest BCUT2D eigenvalue weighted by Crippen LogP contribution is 2.22. The molecule has 24 heavy (non-hydrogen) atoms. The van der Waals surface area contributed by atoms with Gasteiger partial charge in [-0.1, -0.05) is 18.2 Å². The molecule has 1 atom stereocenters. The predicted molar refractivity (Wildman–Crippen MR) is 98.0 cm³/mol. The van der Waals surface area contributed by atoms with Crippen LogP contribution in [-0.4, -0.2) is 32.5 Å². The van der Waals surface area contributed by atoms with Crippen LogP contribution in [0.15, 0.2) is 46.7 Å². The maximum atomic E-state index is 12.3. The molecule has 0 aliphatic rings. The number of carbonyl (C=O) groups excluding carboxylic acids is 1. The van der Waals surface area contributed by atoms with Crippen molar-refractivity contribution in [2.45, 2.75) is 37.1 Å². The number of hydrogen-bond acceptors (Lipinski definition) is 4. The normalized spacial score (nSPS) is 12.8. The second kappa shape index (κ2) is 7.94. The molecule has 0 spiro atoms. The van der Waals surface area contributed by atoms with Gasteiger partial charge in [0.05, 0.1) is 10.9 Å². The number of amides is 1. The van der Waals surface area contributed by atoms with Gasteiger partial charge in [0.25, 0.3) is 0 Å². The first kappa shape index (κ1) is 18.7. The first-order valence-corrected chi connectivity index (χ1v) is 10.6. The Hall–Kier alpha value is -1.66. The first-order chi connectivity index (χ1) is 11.3. The Labute approximate surface area is 148 Å². The van der Waals surface area contributed by atoms with E-state index in [4.69, 9.17) is 0 Å². The molecule has 0 saturated carbocycles. The molecule has 1 heterocycles. The molecule has 4 nitrogen and oxygen atoms in total. The Morgan fingerprint density at radius 1 is 1.21 bits per heavy atom. The van der Waals surface area contributed by atoms with Gasteiger partial charge in [0, 0.05) is 24.6 Å². The van der Waals surface area contributed by atoms with Crippen LogP contribution in [0, 0.1) is 0 Å². The molecule has 0 N–H and O–H groups in total. The van der Waals surface area contributed by atoms with E-state index in [9.17, 15) is 13.2 Å². The Morgan fingerprint density at radius 2 is 1.88 bits per heavy atom. The van der Waals surface area contributed by atoms with Crippen molar-refractivity contribution in [1.82, 2.24) is 4.90 Å². The third-order valence-electron chi connectivity index (χ3n) is 4.16. The second-order valence-corrected chi connectivity index (χ2v) is 9.00. The highest BCUT2D eigenvalue weighted by molar-refractivity contribution is 7.90. The van der Waals surface area contributed by atoms with Crippen molar-refractivity contribution in [1.29, 1.82) is 0 Å². The van der Waals surface area contributed by atoms with E-state index in [1.807, 2.05) is 18.4 Å². The van der Waals surface area contributed by atoms with E-state index < -0.39 is 9.84 Å². The SMILES string of the molecule is CC(c1ccc(S(C)(=O)=O)cc1)N(C)C(=O)CCCc1cccs1. The Bertz CT molecular complexity index is 765. The third-order valence-corrected chi connectivity index (χ3v) is 6.22. The van der Waals surface area contributed by atoms with Gasteiger partial charge >= 0.3 is 0 Å². The molecule has 0 fully saturated rings. The molecule has 2 rings (SSSR count). The second-order valence-electron chi connectivity index (χ2n) is 5.95. The maximum absolute atomic E-state index is 12.3. The monoisotopic (exact) mass is 365 g/mol. The lowest BCUT2D eigenvalue weighted by atomic mass is 10.1. The van der Waals surface area contributed by atoms with Gasteiger partial charge in [0.15, 0.2) is 9.84 Å². The zero-order chi connectivity index (χ0) is 17.7. The van der Waals surface area contributed by atoms with Crippen LogP contribution in [-0.2, 0) is 21.1 Å². The largest absolute Gasteiger partial charge is 0.339 e. The van der Waals surface area contributed by atoms with Crippen LogP contribution in [0.5, 0.6) is 0 Å². The molecule has 1 amide bonds. The number of thiophene rings is 1. The Morgan fingerprint density at radius 3 is 2.42 bits per heavy atom. The summed E-state index contributed by atoms with van der Waals surface area (Å²) >= 11 is 1.72. The van der Waals surface area contributed by atoms with Crippen LogP contribution in [0.2, 0.25) is 0 Å². The molecule has 0 aliphatic carbocycles. The zero-order valence-corrected chi connectivity index (χ0v) is 15.9. The van der Waals surface area contributed by atoms with Crippen LogP contribution in [0.25, 0.3) is 0 Å². The summed E-state index contributed by atoms with van der Waals surface area (Å²) in [6.07, 6.45) is 3.47. The summed E-state index contributed by atoms with van der Waals surface area (Å²) in [5.41, 5.74) is 0.927. The molecule has 0 radical (unpaired) electrons. The molecule has 0 bridgehead atoms. The Kier molecular flexibility index (Phi) is 6.18. The van der Waals surface area contributed by atoms with E-state index >= 15 is 0 Å². The van der Waals surface area contributed by atoms with Crippen molar-refractivity contribution >= 4 is 27.1 Å². The first-order valence-electron chi connectivity index (χ1n) is 7.87. The van der Waals surface area contributed by atoms with Gasteiger partial charge in [0.2, 0.25) is 5.91 Å². The minimum atomic E-state index is -3.19. The maximum Gasteiger partial charge on any atom is 0.222 e. The van der Waals surface area contributed by atoms with Crippen LogP contribution < -0.4 is 0 Å². The summed E-state index contributed by atoms with van der Waals surface area (Å²) in [4.78, 5) is 15.7. The van der Waals surface area contributed by atoms with E-state index in [0.29, 0.717) is 11.3 Å². The number of nitrogens with zero attached hydrogens (tertiary/aromatic N) is 1. The molecular formula is C18H23NO3S2. The quantitative estimate of drug-likeness (QED) is 0.752. The molecule has 1 aromatic carbocycles. The summed E-state index contributed by atoms with van der Waals surface area (Å²) in [6, 6.07) is 10.8. The van der Waals surface area contributed by atoms with Crippen molar-refractivity contribution in [3.8, 4) is 0 Å². The van der Waals surface area contributed by atoms with Crippen molar-refractivity contribution in [2.75, 3.05) is 13.3 Å². The average Bonchev–Trinajstić information content (AvgIpc) is 3.06. The Balaban J connectivity index is 1.92. The van der Waals surface area contributed by atoms with Crippen LogP contribution in [0.3, 0.4) is 0 Å². The molecule has 2 aromatic rings. The number of carbonyl (C=O) groups is 1. The predicted octanol–water partition coefficient (Wildman–Crippen LogP) is 3.69. The lowest BCUT2D eigenvalue weighted by molar-refractivity contribution is -0.131. The average molecular weight is 366 g/mol.